The molecular weight excluding hydrogens is 278 g/mol. The Hall–Kier alpha value is -2.76. The van der Waals surface area contributed by atoms with Gasteiger partial charge in [0, 0.05) is 11.3 Å². The van der Waals surface area contributed by atoms with Gasteiger partial charge in [0.2, 0.25) is 0 Å². The third-order valence-corrected chi connectivity index (χ3v) is 4.37. The first-order valence-electron chi connectivity index (χ1n) is 7.27. The maximum atomic E-state index is 12.4. The average Bonchev–Trinajstić information content (AvgIpc) is 2.96. The van der Waals surface area contributed by atoms with Crippen molar-refractivity contribution >= 4 is 5.91 Å². The number of nitrogens with zero attached hydrogens (tertiary/aromatic N) is 4. The lowest BCUT2D eigenvalue weighted by Crippen LogP contribution is -2.22. The standard InChI is InChI=1S/C16H15N5O/c1-10-14-6-5-12(8-15(10)14)18-16(22)11-3-2-4-13(7-11)21-9-17-19-20-21/h2-10,14-15H,1H3,(H,18,22). The van der Waals surface area contributed by atoms with E-state index in [1.165, 1.54) is 11.0 Å². The number of fused-ring (bicyclic) bond motifs is 1. The van der Waals surface area contributed by atoms with E-state index in [9.17, 15) is 4.79 Å². The Morgan fingerprint density at radius 1 is 1.32 bits per heavy atom. The van der Waals surface area contributed by atoms with E-state index in [0.29, 0.717) is 23.3 Å². The molecule has 1 heterocycles. The van der Waals surface area contributed by atoms with E-state index in [1.54, 1.807) is 12.1 Å². The molecule has 0 saturated heterocycles. The summed E-state index contributed by atoms with van der Waals surface area (Å²) in [6.45, 7) is 2.23. The van der Waals surface area contributed by atoms with Gasteiger partial charge in [0.1, 0.15) is 6.33 Å². The molecule has 0 bridgehead atoms. The predicted molar refractivity (Wildman–Crippen MR) is 80.0 cm³/mol. The van der Waals surface area contributed by atoms with Crippen molar-refractivity contribution in [3.05, 3.63) is 60.1 Å². The third kappa shape index (κ3) is 2.22. The number of carbonyl (C=O) groups excluding carboxylic acids is 1. The molecule has 2 aliphatic rings. The monoisotopic (exact) mass is 293 g/mol. The molecule has 1 fully saturated rings. The van der Waals surface area contributed by atoms with E-state index in [0.717, 1.165) is 11.4 Å². The maximum absolute atomic E-state index is 12.4. The topological polar surface area (TPSA) is 72.7 Å². The van der Waals surface area contributed by atoms with Crippen LogP contribution in [0.25, 0.3) is 5.69 Å². The molecule has 0 radical (unpaired) electrons. The Kier molecular flexibility index (Phi) is 2.89. The summed E-state index contributed by atoms with van der Waals surface area (Å²) in [7, 11) is 0. The Labute approximate surface area is 127 Å². The molecule has 6 nitrogen and oxygen atoms in total. The zero-order valence-corrected chi connectivity index (χ0v) is 12.0. The molecule has 0 aliphatic heterocycles. The summed E-state index contributed by atoms with van der Waals surface area (Å²) in [4.78, 5) is 12.4. The largest absolute Gasteiger partial charge is 0.322 e. The third-order valence-electron chi connectivity index (χ3n) is 4.37. The van der Waals surface area contributed by atoms with E-state index in [2.05, 4.69) is 39.9 Å². The van der Waals surface area contributed by atoms with Gasteiger partial charge in [-0.15, -0.1) is 5.10 Å². The summed E-state index contributed by atoms with van der Waals surface area (Å²) in [5.74, 6) is 1.79. The minimum absolute atomic E-state index is 0.127. The number of nitrogens with one attached hydrogen (secondary N) is 1. The lowest BCUT2D eigenvalue weighted by Gasteiger charge is -2.09. The zero-order chi connectivity index (χ0) is 15.1. The average molecular weight is 293 g/mol. The first-order valence-corrected chi connectivity index (χ1v) is 7.27. The Morgan fingerprint density at radius 3 is 3.00 bits per heavy atom. The summed E-state index contributed by atoms with van der Waals surface area (Å²) in [5.41, 5.74) is 2.21. The number of carbonyl (C=O) groups is 1. The van der Waals surface area contributed by atoms with Crippen molar-refractivity contribution in [3.8, 4) is 5.69 Å². The van der Waals surface area contributed by atoms with Gasteiger partial charge >= 0.3 is 0 Å². The van der Waals surface area contributed by atoms with Crippen molar-refractivity contribution in [2.24, 2.45) is 17.8 Å². The molecular formula is C16H15N5O. The quantitative estimate of drug-likeness (QED) is 0.935. The molecule has 4 rings (SSSR count). The minimum Gasteiger partial charge on any atom is -0.322 e. The number of rotatable bonds is 3. The van der Waals surface area contributed by atoms with Gasteiger partial charge in [0.15, 0.2) is 0 Å². The van der Waals surface area contributed by atoms with Crippen molar-refractivity contribution < 1.29 is 4.79 Å². The van der Waals surface area contributed by atoms with Crippen molar-refractivity contribution in [1.82, 2.24) is 25.5 Å². The molecule has 110 valence electrons. The van der Waals surface area contributed by atoms with Crippen molar-refractivity contribution in [2.45, 2.75) is 6.92 Å². The fraction of sp³-hybridized carbons (Fsp3) is 0.250. The van der Waals surface area contributed by atoms with Gasteiger partial charge in [-0.1, -0.05) is 25.1 Å². The van der Waals surface area contributed by atoms with Crippen LogP contribution in [0.1, 0.15) is 17.3 Å². The van der Waals surface area contributed by atoms with Crippen LogP contribution in [0, 0.1) is 17.8 Å². The SMILES string of the molecule is CC1C2C=CC(NC(=O)c3cccc(-n4cnnn4)c3)=CC12. The van der Waals surface area contributed by atoms with Crippen molar-refractivity contribution in [1.29, 1.82) is 0 Å². The number of hydrogen-bond donors (Lipinski definition) is 1. The number of amides is 1. The van der Waals surface area contributed by atoms with Crippen molar-refractivity contribution in [2.75, 3.05) is 0 Å². The van der Waals surface area contributed by atoms with Gasteiger partial charge < -0.3 is 5.32 Å². The van der Waals surface area contributed by atoms with Crippen LogP contribution in [0.2, 0.25) is 0 Å². The van der Waals surface area contributed by atoms with Crippen LogP contribution in [0.4, 0.5) is 0 Å². The maximum Gasteiger partial charge on any atom is 0.255 e. The summed E-state index contributed by atoms with van der Waals surface area (Å²) in [6, 6.07) is 7.21. The first kappa shape index (κ1) is 12.9. The minimum atomic E-state index is -0.127. The van der Waals surface area contributed by atoms with Crippen LogP contribution in [0.15, 0.2) is 54.5 Å². The van der Waals surface area contributed by atoms with E-state index >= 15 is 0 Å². The molecule has 6 heteroatoms. The molecule has 1 aromatic carbocycles. The van der Waals surface area contributed by atoms with Gasteiger partial charge in [-0.25, -0.2) is 4.68 Å². The summed E-state index contributed by atoms with van der Waals surface area (Å²) >= 11 is 0. The summed E-state index contributed by atoms with van der Waals surface area (Å²) in [5, 5.41) is 14.0. The molecule has 1 amide bonds. The van der Waals surface area contributed by atoms with Gasteiger partial charge in [-0.3, -0.25) is 4.79 Å². The van der Waals surface area contributed by atoms with E-state index < -0.39 is 0 Å². The van der Waals surface area contributed by atoms with Crippen LogP contribution >= 0.6 is 0 Å². The van der Waals surface area contributed by atoms with Crippen LogP contribution in [0.3, 0.4) is 0 Å². The number of tetrazole rings is 1. The highest BCUT2D eigenvalue weighted by atomic mass is 16.1. The Morgan fingerprint density at radius 2 is 2.23 bits per heavy atom. The normalized spacial score (nSPS) is 25.3. The highest BCUT2D eigenvalue weighted by molar-refractivity contribution is 5.96. The van der Waals surface area contributed by atoms with E-state index in [-0.39, 0.29) is 5.91 Å². The van der Waals surface area contributed by atoms with Gasteiger partial charge in [0.25, 0.3) is 5.91 Å². The van der Waals surface area contributed by atoms with Crippen LogP contribution in [-0.4, -0.2) is 26.1 Å². The summed E-state index contributed by atoms with van der Waals surface area (Å²) in [6.07, 6.45) is 7.83. The highest BCUT2D eigenvalue weighted by Crippen LogP contribution is 2.50. The Balaban J connectivity index is 1.53. The van der Waals surface area contributed by atoms with Gasteiger partial charge in [-0.05, 0) is 52.5 Å². The van der Waals surface area contributed by atoms with Gasteiger partial charge in [0.05, 0.1) is 5.69 Å². The first-order chi connectivity index (χ1) is 10.7. The molecule has 1 aromatic heterocycles. The van der Waals surface area contributed by atoms with Gasteiger partial charge in [-0.2, -0.15) is 0 Å². The molecule has 1 saturated carbocycles. The second kappa shape index (κ2) is 4.91. The fourth-order valence-electron chi connectivity index (χ4n) is 2.93. The predicted octanol–water partition coefficient (Wildman–Crippen LogP) is 1.73. The molecule has 2 aromatic rings. The zero-order valence-electron chi connectivity index (χ0n) is 12.0. The summed E-state index contributed by atoms with van der Waals surface area (Å²) < 4.78 is 1.52. The second-order valence-corrected chi connectivity index (χ2v) is 5.75. The van der Waals surface area contributed by atoms with Crippen LogP contribution in [-0.2, 0) is 0 Å². The van der Waals surface area contributed by atoms with E-state index in [4.69, 9.17) is 0 Å². The molecule has 3 atom stereocenters. The number of aromatic nitrogens is 4. The van der Waals surface area contributed by atoms with Crippen LogP contribution < -0.4 is 5.32 Å². The number of allylic oxidation sites excluding steroid dienone is 3. The lowest BCUT2D eigenvalue weighted by molar-refractivity contribution is 0.0967. The molecule has 2 aliphatic carbocycles. The molecule has 22 heavy (non-hydrogen) atoms. The van der Waals surface area contributed by atoms with E-state index in [1.807, 2.05) is 18.2 Å². The highest BCUT2D eigenvalue weighted by Gasteiger charge is 2.44. The lowest BCUT2D eigenvalue weighted by atomic mass is 10.1. The van der Waals surface area contributed by atoms with Crippen LogP contribution in [0.5, 0.6) is 0 Å². The Bertz CT molecular complexity index is 778. The second-order valence-electron chi connectivity index (χ2n) is 5.75. The van der Waals surface area contributed by atoms with Crippen molar-refractivity contribution in [3.63, 3.8) is 0 Å². The number of hydrogen-bond acceptors (Lipinski definition) is 4. The molecule has 0 spiro atoms. The fourth-order valence-corrected chi connectivity index (χ4v) is 2.93. The molecule has 3 unspecified atom stereocenters. The number of benzene rings is 1. The molecule has 1 N–H and O–H groups in total. The smallest absolute Gasteiger partial charge is 0.255 e.